The summed E-state index contributed by atoms with van der Waals surface area (Å²) >= 11 is 0. The first-order chi connectivity index (χ1) is 9.29. The molecule has 6 heteroatoms. The van der Waals surface area contributed by atoms with Crippen molar-refractivity contribution in [1.82, 2.24) is 9.78 Å². The fraction of sp³-hybridized carbons (Fsp3) is 0.357. The van der Waals surface area contributed by atoms with E-state index in [4.69, 9.17) is 0 Å². The van der Waals surface area contributed by atoms with Gasteiger partial charge in [0.2, 0.25) is 0 Å². The topological polar surface area (TPSA) is 29.9 Å². The average molecular weight is 283 g/mol. The van der Waals surface area contributed by atoms with Gasteiger partial charge in [0.1, 0.15) is 0 Å². The summed E-state index contributed by atoms with van der Waals surface area (Å²) < 4.78 is 41.1. The predicted molar refractivity (Wildman–Crippen MR) is 70.9 cm³/mol. The third kappa shape index (κ3) is 2.95. The number of hydrogen-bond acceptors (Lipinski definition) is 2. The van der Waals surface area contributed by atoms with Crippen molar-refractivity contribution in [2.45, 2.75) is 32.9 Å². The molecular weight excluding hydrogens is 267 g/mol. The normalized spacial score (nSPS) is 11.7. The molecule has 1 heterocycles. The first-order valence-electron chi connectivity index (χ1n) is 6.20. The summed E-state index contributed by atoms with van der Waals surface area (Å²) in [7, 11) is 0. The highest BCUT2D eigenvalue weighted by Crippen LogP contribution is 2.20. The molecule has 2 aromatic rings. The second-order valence-corrected chi connectivity index (χ2v) is 5.54. The standard InChI is InChI=1S/C14H16F3N3/c1-14(2,3)20-8-9(7-19-20)6-18-11-5-4-10(15)12(16)13(11)17/h4-5,7-8,18H,6H2,1-3H3. The van der Waals surface area contributed by atoms with Crippen molar-refractivity contribution in [3.05, 3.63) is 47.5 Å². The van der Waals surface area contributed by atoms with Gasteiger partial charge in [0, 0.05) is 18.3 Å². The van der Waals surface area contributed by atoms with E-state index in [1.807, 2.05) is 27.0 Å². The predicted octanol–water partition coefficient (Wildman–Crippen LogP) is 3.67. The van der Waals surface area contributed by atoms with Crippen LogP contribution in [0.3, 0.4) is 0 Å². The van der Waals surface area contributed by atoms with Crippen molar-refractivity contribution in [2.75, 3.05) is 5.32 Å². The van der Waals surface area contributed by atoms with E-state index < -0.39 is 17.5 Å². The molecule has 0 aliphatic heterocycles. The van der Waals surface area contributed by atoms with Gasteiger partial charge in [-0.1, -0.05) is 0 Å². The summed E-state index contributed by atoms with van der Waals surface area (Å²) in [5, 5.41) is 6.93. The summed E-state index contributed by atoms with van der Waals surface area (Å²) in [4.78, 5) is 0. The van der Waals surface area contributed by atoms with Crippen molar-refractivity contribution in [1.29, 1.82) is 0 Å². The van der Waals surface area contributed by atoms with Crippen molar-refractivity contribution >= 4 is 5.69 Å². The maximum Gasteiger partial charge on any atom is 0.196 e. The molecule has 1 N–H and O–H groups in total. The highest BCUT2D eigenvalue weighted by molar-refractivity contribution is 5.45. The quantitative estimate of drug-likeness (QED) is 0.871. The van der Waals surface area contributed by atoms with Crippen LogP contribution < -0.4 is 5.32 Å². The van der Waals surface area contributed by atoms with Gasteiger partial charge < -0.3 is 5.32 Å². The van der Waals surface area contributed by atoms with Crippen molar-refractivity contribution in [3.8, 4) is 0 Å². The molecule has 3 nitrogen and oxygen atoms in total. The summed E-state index contributed by atoms with van der Waals surface area (Å²) in [5.41, 5.74) is 0.599. The Balaban J connectivity index is 2.10. The Morgan fingerprint density at radius 2 is 1.85 bits per heavy atom. The molecule has 20 heavy (non-hydrogen) atoms. The minimum atomic E-state index is -1.47. The van der Waals surface area contributed by atoms with E-state index in [1.54, 1.807) is 10.9 Å². The maximum absolute atomic E-state index is 13.5. The Morgan fingerprint density at radius 3 is 2.45 bits per heavy atom. The number of rotatable bonds is 3. The summed E-state index contributed by atoms with van der Waals surface area (Å²) in [6.07, 6.45) is 3.47. The maximum atomic E-state index is 13.5. The highest BCUT2D eigenvalue weighted by atomic mass is 19.2. The largest absolute Gasteiger partial charge is 0.378 e. The van der Waals surface area contributed by atoms with Gasteiger partial charge in [-0.25, -0.2) is 13.2 Å². The molecule has 1 aromatic carbocycles. The Bertz CT molecular complexity index is 615. The molecule has 0 saturated carbocycles. The SMILES string of the molecule is CC(C)(C)n1cc(CNc2ccc(F)c(F)c2F)cn1. The van der Waals surface area contributed by atoms with Crippen molar-refractivity contribution in [2.24, 2.45) is 0 Å². The monoisotopic (exact) mass is 283 g/mol. The highest BCUT2D eigenvalue weighted by Gasteiger charge is 2.15. The molecular formula is C14H16F3N3. The van der Waals surface area contributed by atoms with Crippen molar-refractivity contribution < 1.29 is 13.2 Å². The summed E-state index contributed by atoms with van der Waals surface area (Å²) in [6, 6.07) is 2.06. The Labute approximate surface area is 115 Å². The van der Waals surface area contributed by atoms with E-state index in [2.05, 4.69) is 10.4 Å². The minimum absolute atomic E-state index is 0.0765. The van der Waals surface area contributed by atoms with Crippen LogP contribution in [0.1, 0.15) is 26.3 Å². The molecule has 0 radical (unpaired) electrons. The molecule has 0 unspecified atom stereocenters. The van der Waals surface area contributed by atoms with Crippen LogP contribution in [0.5, 0.6) is 0 Å². The van der Waals surface area contributed by atoms with E-state index in [0.29, 0.717) is 0 Å². The molecule has 0 amide bonds. The lowest BCUT2D eigenvalue weighted by atomic mass is 10.1. The number of anilines is 1. The van der Waals surface area contributed by atoms with E-state index in [9.17, 15) is 13.2 Å². The van der Waals surface area contributed by atoms with Crippen LogP contribution in [0.2, 0.25) is 0 Å². The number of benzene rings is 1. The van der Waals surface area contributed by atoms with Gasteiger partial charge in [0.25, 0.3) is 0 Å². The average Bonchev–Trinajstić information content (AvgIpc) is 2.84. The minimum Gasteiger partial charge on any atom is -0.378 e. The van der Waals surface area contributed by atoms with Crippen LogP contribution in [-0.2, 0) is 12.1 Å². The van der Waals surface area contributed by atoms with Crippen LogP contribution in [0.25, 0.3) is 0 Å². The van der Waals surface area contributed by atoms with Crippen LogP contribution in [0.15, 0.2) is 24.5 Å². The molecule has 0 spiro atoms. The molecule has 0 bridgehead atoms. The van der Waals surface area contributed by atoms with Crippen LogP contribution in [0.4, 0.5) is 18.9 Å². The smallest absolute Gasteiger partial charge is 0.196 e. The summed E-state index contributed by atoms with van der Waals surface area (Å²) in [6.45, 7) is 6.29. The molecule has 0 atom stereocenters. The van der Waals surface area contributed by atoms with E-state index >= 15 is 0 Å². The first-order valence-corrected chi connectivity index (χ1v) is 6.20. The number of aromatic nitrogens is 2. The molecule has 0 aliphatic rings. The third-order valence-electron chi connectivity index (χ3n) is 2.84. The van der Waals surface area contributed by atoms with Gasteiger partial charge in [0.05, 0.1) is 17.4 Å². The van der Waals surface area contributed by atoms with Gasteiger partial charge in [-0.3, -0.25) is 4.68 Å². The van der Waals surface area contributed by atoms with Crippen molar-refractivity contribution in [3.63, 3.8) is 0 Å². The first kappa shape index (κ1) is 14.4. The lowest BCUT2D eigenvalue weighted by Gasteiger charge is -2.18. The molecule has 108 valence electrons. The lowest BCUT2D eigenvalue weighted by molar-refractivity contribution is 0.355. The van der Waals surface area contributed by atoms with Gasteiger partial charge >= 0.3 is 0 Å². The zero-order chi connectivity index (χ0) is 14.9. The van der Waals surface area contributed by atoms with E-state index in [0.717, 1.165) is 11.6 Å². The van der Waals surface area contributed by atoms with Crippen LogP contribution in [0, 0.1) is 17.5 Å². The number of halogens is 3. The fourth-order valence-electron chi connectivity index (χ4n) is 1.68. The Morgan fingerprint density at radius 1 is 1.15 bits per heavy atom. The van der Waals surface area contributed by atoms with Crippen LogP contribution >= 0.6 is 0 Å². The number of nitrogens with zero attached hydrogens (tertiary/aromatic N) is 2. The van der Waals surface area contributed by atoms with E-state index in [-0.39, 0.29) is 17.8 Å². The lowest BCUT2D eigenvalue weighted by Crippen LogP contribution is -2.22. The second kappa shape index (κ2) is 5.19. The summed E-state index contributed by atoms with van der Waals surface area (Å²) in [5.74, 6) is -3.89. The fourth-order valence-corrected chi connectivity index (χ4v) is 1.68. The second-order valence-electron chi connectivity index (χ2n) is 5.54. The molecule has 1 aromatic heterocycles. The Kier molecular flexibility index (Phi) is 3.74. The van der Waals surface area contributed by atoms with Gasteiger partial charge in [-0.2, -0.15) is 5.10 Å². The van der Waals surface area contributed by atoms with Gasteiger partial charge in [-0.05, 0) is 32.9 Å². The molecule has 0 aliphatic carbocycles. The molecule has 0 fully saturated rings. The molecule has 2 rings (SSSR count). The Hall–Kier alpha value is -1.98. The molecule has 0 saturated heterocycles. The van der Waals surface area contributed by atoms with E-state index in [1.165, 1.54) is 6.07 Å². The zero-order valence-electron chi connectivity index (χ0n) is 11.5. The number of hydrogen-bond donors (Lipinski definition) is 1. The number of nitrogens with one attached hydrogen (secondary N) is 1. The van der Waals surface area contributed by atoms with Gasteiger partial charge in [-0.15, -0.1) is 0 Å². The third-order valence-corrected chi connectivity index (χ3v) is 2.84. The van der Waals surface area contributed by atoms with Crippen LogP contribution in [-0.4, -0.2) is 9.78 Å². The van der Waals surface area contributed by atoms with Gasteiger partial charge in [0.15, 0.2) is 17.5 Å². The zero-order valence-corrected chi connectivity index (χ0v) is 11.5.